The Hall–Kier alpha value is -3.02. The number of nitrogens with zero attached hydrogens (tertiary/aromatic N) is 2. The normalized spacial score (nSPS) is 10.2. The van der Waals surface area contributed by atoms with Gasteiger partial charge >= 0.3 is 0 Å². The Kier molecular flexibility index (Phi) is 6.60. The second-order valence-corrected chi connectivity index (χ2v) is 6.07. The molecule has 1 N–H and O–H groups in total. The van der Waals surface area contributed by atoms with Crippen LogP contribution in [0.3, 0.4) is 0 Å². The summed E-state index contributed by atoms with van der Waals surface area (Å²) in [5, 5.41) is 2.84. The highest BCUT2D eigenvalue weighted by Gasteiger charge is 2.12. The van der Waals surface area contributed by atoms with E-state index < -0.39 is 0 Å². The number of hydrogen-bond acceptors (Lipinski definition) is 4. The minimum Gasteiger partial charge on any atom is -0.497 e. The fourth-order valence-corrected chi connectivity index (χ4v) is 2.52. The molecule has 0 aliphatic heterocycles. The molecule has 6 nitrogen and oxygen atoms in total. The highest BCUT2D eigenvalue weighted by molar-refractivity contribution is 5.95. The van der Waals surface area contributed by atoms with Crippen LogP contribution in [-0.4, -0.2) is 46.1 Å². The highest BCUT2D eigenvalue weighted by atomic mass is 16.5. The summed E-state index contributed by atoms with van der Waals surface area (Å²) in [6.45, 7) is 2.28. The van der Waals surface area contributed by atoms with Crippen molar-refractivity contribution in [3.63, 3.8) is 0 Å². The molecule has 6 heteroatoms. The lowest BCUT2D eigenvalue weighted by molar-refractivity contribution is -0.116. The van der Waals surface area contributed by atoms with E-state index in [1.807, 2.05) is 43.3 Å². The molecule has 0 aliphatic carbocycles. The number of hydrogen-bond donors (Lipinski definition) is 1. The third-order valence-electron chi connectivity index (χ3n) is 4.03. The number of carbonyl (C=O) groups is 2. The molecule has 0 spiro atoms. The van der Waals surface area contributed by atoms with Crippen LogP contribution in [0.15, 0.2) is 48.5 Å². The lowest BCUT2D eigenvalue weighted by atomic mass is 10.2. The number of methoxy groups -OCH3 is 1. The van der Waals surface area contributed by atoms with Gasteiger partial charge in [-0.05, 0) is 48.5 Å². The van der Waals surface area contributed by atoms with E-state index in [2.05, 4.69) is 5.32 Å². The molecule has 2 rings (SSSR count). The number of ether oxygens (including phenoxy) is 1. The molecule has 0 unspecified atom stereocenters. The summed E-state index contributed by atoms with van der Waals surface area (Å²) in [5.74, 6) is 0.450. The zero-order chi connectivity index (χ0) is 19.1. The maximum atomic E-state index is 12.2. The van der Waals surface area contributed by atoms with Gasteiger partial charge in [0.15, 0.2) is 0 Å². The first-order chi connectivity index (χ1) is 12.4. The molecular weight excluding hydrogens is 330 g/mol. The summed E-state index contributed by atoms with van der Waals surface area (Å²) in [6, 6.07) is 14.6. The summed E-state index contributed by atoms with van der Waals surface area (Å²) in [6.07, 6.45) is 0. The van der Waals surface area contributed by atoms with Gasteiger partial charge in [0.2, 0.25) is 5.91 Å². The fourth-order valence-electron chi connectivity index (χ4n) is 2.52. The number of nitrogens with one attached hydrogen (secondary N) is 1. The SMILES string of the molecule is COc1ccc(C(=O)NCCN(C(C)=O)c2ccc(N(C)C)cc2)cc1. The molecule has 0 saturated carbocycles. The van der Waals surface area contributed by atoms with Crippen LogP contribution >= 0.6 is 0 Å². The van der Waals surface area contributed by atoms with Crippen LogP contribution in [0.1, 0.15) is 17.3 Å². The molecule has 2 aromatic carbocycles. The first kappa shape index (κ1) is 19.3. The number of rotatable bonds is 7. The second-order valence-electron chi connectivity index (χ2n) is 6.07. The fraction of sp³-hybridized carbons (Fsp3) is 0.300. The van der Waals surface area contributed by atoms with Crippen LogP contribution < -0.4 is 19.9 Å². The Morgan fingerprint density at radius 1 is 0.962 bits per heavy atom. The van der Waals surface area contributed by atoms with E-state index >= 15 is 0 Å². The van der Waals surface area contributed by atoms with E-state index in [1.54, 1.807) is 36.3 Å². The number of carbonyl (C=O) groups excluding carboxylic acids is 2. The van der Waals surface area contributed by atoms with Crippen LogP contribution in [0.4, 0.5) is 11.4 Å². The van der Waals surface area contributed by atoms with Gasteiger partial charge in [-0.3, -0.25) is 9.59 Å². The van der Waals surface area contributed by atoms with Gasteiger partial charge in [-0.25, -0.2) is 0 Å². The smallest absolute Gasteiger partial charge is 0.251 e. The third-order valence-corrected chi connectivity index (χ3v) is 4.03. The highest BCUT2D eigenvalue weighted by Crippen LogP contribution is 2.19. The lowest BCUT2D eigenvalue weighted by Gasteiger charge is -2.22. The maximum absolute atomic E-state index is 12.2. The molecule has 138 valence electrons. The Labute approximate surface area is 154 Å². The summed E-state index contributed by atoms with van der Waals surface area (Å²) in [5.41, 5.74) is 2.42. The summed E-state index contributed by atoms with van der Waals surface area (Å²) >= 11 is 0. The van der Waals surface area contributed by atoms with Crippen molar-refractivity contribution in [3.05, 3.63) is 54.1 Å². The van der Waals surface area contributed by atoms with Crippen molar-refractivity contribution in [1.29, 1.82) is 0 Å². The average Bonchev–Trinajstić information content (AvgIpc) is 2.65. The Bertz CT molecular complexity index is 740. The second kappa shape index (κ2) is 8.89. The molecule has 0 fully saturated rings. The van der Waals surface area contributed by atoms with E-state index in [-0.39, 0.29) is 11.8 Å². The molecule has 0 aliphatic rings. The molecular formula is C20H25N3O3. The minimum atomic E-state index is -0.181. The van der Waals surface area contributed by atoms with Crippen molar-refractivity contribution in [3.8, 4) is 5.75 Å². The average molecular weight is 355 g/mol. The van der Waals surface area contributed by atoms with Gasteiger partial charge in [-0.15, -0.1) is 0 Å². The van der Waals surface area contributed by atoms with Crippen molar-refractivity contribution in [2.45, 2.75) is 6.92 Å². The van der Waals surface area contributed by atoms with Gasteiger partial charge in [0.25, 0.3) is 5.91 Å². The standard InChI is InChI=1S/C20H25N3O3/c1-15(24)23(18-9-7-17(8-10-18)22(2)3)14-13-21-20(25)16-5-11-19(26-4)12-6-16/h5-12H,13-14H2,1-4H3,(H,21,25). The van der Waals surface area contributed by atoms with Gasteiger partial charge in [-0.1, -0.05) is 0 Å². The lowest BCUT2D eigenvalue weighted by Crippen LogP contribution is -2.37. The first-order valence-corrected chi connectivity index (χ1v) is 8.40. The molecule has 0 saturated heterocycles. The summed E-state index contributed by atoms with van der Waals surface area (Å²) in [7, 11) is 5.51. The molecule has 2 aromatic rings. The number of amides is 2. The predicted molar refractivity (Wildman–Crippen MR) is 104 cm³/mol. The molecule has 0 atom stereocenters. The molecule has 2 amide bonds. The Balaban J connectivity index is 1.95. The quantitative estimate of drug-likeness (QED) is 0.829. The molecule has 0 radical (unpaired) electrons. The number of anilines is 2. The van der Waals surface area contributed by atoms with Gasteiger partial charge in [0.1, 0.15) is 5.75 Å². The predicted octanol–water partition coefficient (Wildman–Crippen LogP) is 2.54. The first-order valence-electron chi connectivity index (χ1n) is 8.40. The zero-order valence-electron chi connectivity index (χ0n) is 15.7. The van der Waals surface area contributed by atoms with Gasteiger partial charge < -0.3 is 19.9 Å². The van der Waals surface area contributed by atoms with Gasteiger partial charge in [-0.2, -0.15) is 0 Å². The maximum Gasteiger partial charge on any atom is 0.251 e. The van der Waals surface area contributed by atoms with E-state index in [9.17, 15) is 9.59 Å². The molecule has 0 heterocycles. The van der Waals surface area contributed by atoms with Crippen LogP contribution in [0.2, 0.25) is 0 Å². The van der Waals surface area contributed by atoms with E-state index in [0.717, 1.165) is 11.4 Å². The van der Waals surface area contributed by atoms with Crippen molar-refractivity contribution in [2.24, 2.45) is 0 Å². The molecule has 0 aromatic heterocycles. The van der Waals surface area contributed by atoms with Crippen LogP contribution in [0, 0.1) is 0 Å². The van der Waals surface area contributed by atoms with Crippen molar-refractivity contribution >= 4 is 23.2 Å². The monoisotopic (exact) mass is 355 g/mol. The van der Waals surface area contributed by atoms with E-state index in [4.69, 9.17) is 4.74 Å². The van der Waals surface area contributed by atoms with E-state index in [1.165, 1.54) is 6.92 Å². The summed E-state index contributed by atoms with van der Waals surface area (Å²) < 4.78 is 5.08. The Morgan fingerprint density at radius 2 is 1.54 bits per heavy atom. The Morgan fingerprint density at radius 3 is 2.04 bits per heavy atom. The van der Waals surface area contributed by atoms with Gasteiger partial charge in [0.05, 0.1) is 7.11 Å². The van der Waals surface area contributed by atoms with Crippen LogP contribution in [0.25, 0.3) is 0 Å². The molecule has 0 bridgehead atoms. The van der Waals surface area contributed by atoms with Crippen molar-refractivity contribution in [1.82, 2.24) is 5.32 Å². The van der Waals surface area contributed by atoms with Gasteiger partial charge in [0, 0.05) is 51.0 Å². The third kappa shape index (κ3) is 4.99. The molecule has 26 heavy (non-hydrogen) atoms. The van der Waals surface area contributed by atoms with Crippen LogP contribution in [-0.2, 0) is 4.79 Å². The minimum absolute atomic E-state index is 0.0682. The topological polar surface area (TPSA) is 61.9 Å². The largest absolute Gasteiger partial charge is 0.497 e. The van der Waals surface area contributed by atoms with Crippen LogP contribution in [0.5, 0.6) is 5.75 Å². The summed E-state index contributed by atoms with van der Waals surface area (Å²) in [4.78, 5) is 27.8. The van der Waals surface area contributed by atoms with Crippen molar-refractivity contribution < 1.29 is 14.3 Å². The van der Waals surface area contributed by atoms with E-state index in [0.29, 0.717) is 24.4 Å². The number of benzene rings is 2. The van der Waals surface area contributed by atoms with Crippen molar-refractivity contribution in [2.75, 3.05) is 44.1 Å². The zero-order valence-corrected chi connectivity index (χ0v) is 15.7.